The van der Waals surface area contributed by atoms with Gasteiger partial charge < -0.3 is 15.3 Å². The van der Waals surface area contributed by atoms with Crippen molar-refractivity contribution in [3.8, 4) is 0 Å². The molecule has 0 aliphatic heterocycles. The van der Waals surface area contributed by atoms with Crippen LogP contribution in [-0.4, -0.2) is 51.7 Å². The number of carbonyl (C=O) groups is 3. The van der Waals surface area contributed by atoms with Gasteiger partial charge in [0.15, 0.2) is 0 Å². The molecular weight excluding hydrogens is 307 g/mol. The standard InChI is InChI=1S/C15H27O6P/c16-13(17)7-1-4-10-22(11-5-2-8-14(18)19)12-6-3-9-15(20)21/h1-12H2,(H,16,17)(H,18,19)(H,20,21). The van der Waals surface area contributed by atoms with Crippen LogP contribution in [0.1, 0.15) is 57.8 Å². The van der Waals surface area contributed by atoms with E-state index in [1.807, 2.05) is 0 Å². The third kappa shape index (κ3) is 15.2. The maximum atomic E-state index is 10.5. The Hall–Kier alpha value is -1.16. The van der Waals surface area contributed by atoms with Crippen molar-refractivity contribution in [2.45, 2.75) is 57.8 Å². The molecule has 22 heavy (non-hydrogen) atoms. The lowest BCUT2D eigenvalue weighted by atomic mass is 10.2. The van der Waals surface area contributed by atoms with Crippen LogP contribution in [-0.2, 0) is 14.4 Å². The van der Waals surface area contributed by atoms with E-state index < -0.39 is 17.9 Å². The van der Waals surface area contributed by atoms with E-state index in [0.717, 1.165) is 37.7 Å². The van der Waals surface area contributed by atoms with Crippen molar-refractivity contribution in [3.05, 3.63) is 0 Å². The van der Waals surface area contributed by atoms with Gasteiger partial charge >= 0.3 is 17.9 Å². The number of carboxylic acid groups (broad SMARTS) is 3. The van der Waals surface area contributed by atoms with Crippen LogP contribution >= 0.6 is 7.92 Å². The van der Waals surface area contributed by atoms with Gasteiger partial charge in [-0.2, -0.15) is 0 Å². The summed E-state index contributed by atoms with van der Waals surface area (Å²) in [5.74, 6) is -2.31. The van der Waals surface area contributed by atoms with Gasteiger partial charge in [-0.05, 0) is 57.0 Å². The molecule has 0 unspecified atom stereocenters. The zero-order valence-electron chi connectivity index (χ0n) is 13.0. The van der Waals surface area contributed by atoms with Gasteiger partial charge in [-0.1, -0.05) is 0 Å². The number of unbranched alkanes of at least 4 members (excludes halogenated alkanes) is 3. The molecule has 0 atom stereocenters. The van der Waals surface area contributed by atoms with Gasteiger partial charge in [0.2, 0.25) is 0 Å². The molecule has 0 heterocycles. The van der Waals surface area contributed by atoms with E-state index in [2.05, 4.69) is 0 Å². The second kappa shape index (κ2) is 13.5. The fourth-order valence-electron chi connectivity index (χ4n) is 2.17. The van der Waals surface area contributed by atoms with Crippen LogP contribution < -0.4 is 0 Å². The van der Waals surface area contributed by atoms with Crippen LogP contribution in [0.3, 0.4) is 0 Å². The van der Waals surface area contributed by atoms with Gasteiger partial charge in [0.05, 0.1) is 0 Å². The molecule has 0 bridgehead atoms. The van der Waals surface area contributed by atoms with E-state index in [4.69, 9.17) is 15.3 Å². The summed E-state index contributed by atoms with van der Waals surface area (Å²) in [6.45, 7) is 0. The third-order valence-electron chi connectivity index (χ3n) is 3.34. The van der Waals surface area contributed by atoms with E-state index in [9.17, 15) is 14.4 Å². The average molecular weight is 334 g/mol. The molecule has 0 aliphatic rings. The molecule has 0 amide bonds. The van der Waals surface area contributed by atoms with Gasteiger partial charge in [0, 0.05) is 19.3 Å². The lowest BCUT2D eigenvalue weighted by molar-refractivity contribution is -0.138. The highest BCUT2D eigenvalue weighted by Crippen LogP contribution is 2.39. The summed E-state index contributed by atoms with van der Waals surface area (Å²) >= 11 is 0. The Balaban J connectivity index is 3.93. The Morgan fingerprint density at radius 2 is 0.818 bits per heavy atom. The summed E-state index contributed by atoms with van der Waals surface area (Å²) in [5.41, 5.74) is 0. The van der Waals surface area contributed by atoms with E-state index in [1.54, 1.807) is 0 Å². The number of hydrogen-bond donors (Lipinski definition) is 3. The first-order chi connectivity index (χ1) is 10.4. The maximum Gasteiger partial charge on any atom is 0.303 e. The van der Waals surface area contributed by atoms with E-state index >= 15 is 0 Å². The molecule has 128 valence electrons. The highest BCUT2D eigenvalue weighted by molar-refractivity contribution is 7.57. The fraction of sp³-hybridized carbons (Fsp3) is 0.800. The molecule has 7 heteroatoms. The summed E-state index contributed by atoms with van der Waals surface area (Å²) in [6, 6.07) is 0. The number of carboxylic acids is 3. The largest absolute Gasteiger partial charge is 0.481 e. The number of aliphatic carboxylic acids is 3. The smallest absolute Gasteiger partial charge is 0.303 e. The number of rotatable bonds is 15. The van der Waals surface area contributed by atoms with Crippen LogP contribution in [0, 0.1) is 0 Å². The van der Waals surface area contributed by atoms with Gasteiger partial charge in [-0.15, -0.1) is 7.92 Å². The minimum Gasteiger partial charge on any atom is -0.481 e. The predicted molar refractivity (Wildman–Crippen MR) is 86.0 cm³/mol. The summed E-state index contributed by atoms with van der Waals surface area (Å²) in [4.78, 5) is 31.5. The summed E-state index contributed by atoms with van der Waals surface area (Å²) in [7, 11) is -0.232. The van der Waals surface area contributed by atoms with Crippen molar-refractivity contribution < 1.29 is 29.7 Å². The molecule has 0 spiro atoms. The van der Waals surface area contributed by atoms with Gasteiger partial charge in [-0.3, -0.25) is 14.4 Å². The first-order valence-electron chi connectivity index (χ1n) is 7.79. The van der Waals surface area contributed by atoms with Crippen LogP contribution in [0.2, 0.25) is 0 Å². The molecule has 0 aromatic heterocycles. The molecule has 0 saturated carbocycles. The molecule has 6 nitrogen and oxygen atoms in total. The normalized spacial score (nSPS) is 10.8. The predicted octanol–water partition coefficient (Wildman–Crippen LogP) is 3.23. The quantitative estimate of drug-likeness (QED) is 0.313. The van der Waals surface area contributed by atoms with Gasteiger partial charge in [0.1, 0.15) is 0 Å². The summed E-state index contributed by atoms with van der Waals surface area (Å²) in [5, 5.41) is 25.9. The average Bonchev–Trinajstić information content (AvgIpc) is 2.42. The monoisotopic (exact) mass is 334 g/mol. The lowest BCUT2D eigenvalue weighted by Gasteiger charge is -2.17. The van der Waals surface area contributed by atoms with Crippen molar-refractivity contribution in [1.29, 1.82) is 0 Å². The minimum atomic E-state index is -0.771. The van der Waals surface area contributed by atoms with Crippen LogP contribution in [0.5, 0.6) is 0 Å². The molecule has 0 aromatic carbocycles. The third-order valence-corrected chi connectivity index (χ3v) is 6.19. The Morgan fingerprint density at radius 1 is 0.545 bits per heavy atom. The molecule has 0 aromatic rings. The second-order valence-electron chi connectivity index (χ2n) is 5.39. The highest BCUT2D eigenvalue weighted by atomic mass is 31.1. The Kier molecular flexibility index (Phi) is 12.8. The topological polar surface area (TPSA) is 112 Å². The van der Waals surface area contributed by atoms with Crippen LogP contribution in [0.25, 0.3) is 0 Å². The fourth-order valence-corrected chi connectivity index (χ4v) is 4.85. The molecule has 0 fully saturated rings. The maximum absolute atomic E-state index is 10.5. The zero-order chi connectivity index (χ0) is 16.8. The Bertz CT molecular complexity index is 293. The molecule has 0 aliphatic carbocycles. The Labute approximate surface area is 132 Å². The van der Waals surface area contributed by atoms with Crippen molar-refractivity contribution in [3.63, 3.8) is 0 Å². The second-order valence-corrected chi connectivity index (χ2v) is 8.08. The number of hydrogen-bond acceptors (Lipinski definition) is 3. The van der Waals surface area contributed by atoms with E-state index in [-0.39, 0.29) is 27.2 Å². The molecule has 3 N–H and O–H groups in total. The minimum absolute atomic E-state index is 0.196. The zero-order valence-corrected chi connectivity index (χ0v) is 13.9. The first kappa shape index (κ1) is 20.8. The highest BCUT2D eigenvalue weighted by Gasteiger charge is 2.09. The van der Waals surface area contributed by atoms with Crippen molar-refractivity contribution >= 4 is 25.8 Å². The summed E-state index contributed by atoms with van der Waals surface area (Å²) < 4.78 is 0. The molecule has 0 rings (SSSR count). The van der Waals surface area contributed by atoms with E-state index in [0.29, 0.717) is 19.3 Å². The molecular formula is C15H27O6P. The van der Waals surface area contributed by atoms with Gasteiger partial charge in [-0.25, -0.2) is 0 Å². The Morgan fingerprint density at radius 3 is 1.05 bits per heavy atom. The lowest BCUT2D eigenvalue weighted by Crippen LogP contribution is -2.01. The summed E-state index contributed by atoms with van der Waals surface area (Å²) in [6.07, 6.45) is 8.29. The van der Waals surface area contributed by atoms with Gasteiger partial charge in [0.25, 0.3) is 0 Å². The molecule has 0 saturated heterocycles. The van der Waals surface area contributed by atoms with Crippen molar-refractivity contribution in [1.82, 2.24) is 0 Å². The SMILES string of the molecule is O=C(O)CCCCP(CCCCC(=O)O)CCCCC(=O)O. The first-order valence-corrected chi connectivity index (χ1v) is 9.69. The van der Waals surface area contributed by atoms with Crippen LogP contribution in [0.15, 0.2) is 0 Å². The van der Waals surface area contributed by atoms with Crippen LogP contribution in [0.4, 0.5) is 0 Å². The van der Waals surface area contributed by atoms with E-state index in [1.165, 1.54) is 0 Å². The van der Waals surface area contributed by atoms with Crippen molar-refractivity contribution in [2.75, 3.05) is 18.5 Å². The van der Waals surface area contributed by atoms with Crippen molar-refractivity contribution in [2.24, 2.45) is 0 Å². The molecule has 0 radical (unpaired) electrons.